The maximum atomic E-state index is 10.9. The Balaban J connectivity index is 1.90. The minimum atomic E-state index is -1.17. The normalized spacial score (nSPS) is 37.7. The number of aliphatic hydroxyl groups is 2. The fraction of sp³-hybridized carbons (Fsp3) is 0.750. The van der Waals surface area contributed by atoms with Gasteiger partial charge in [0.1, 0.15) is 31.0 Å². The van der Waals surface area contributed by atoms with E-state index >= 15 is 0 Å². The number of rotatable bonds is 4. The van der Waals surface area contributed by atoms with E-state index in [2.05, 4.69) is 6.58 Å². The zero-order valence-electron chi connectivity index (χ0n) is 10.8. The molecule has 0 aliphatic carbocycles. The van der Waals surface area contributed by atoms with Gasteiger partial charge in [0, 0.05) is 6.08 Å². The highest BCUT2D eigenvalue weighted by atomic mass is 16.8. The molecule has 7 nitrogen and oxygen atoms in total. The number of fused-ring (bicyclic) bond motifs is 1. The van der Waals surface area contributed by atoms with Crippen molar-refractivity contribution in [3.05, 3.63) is 12.7 Å². The molecule has 0 bridgehead atoms. The monoisotopic (exact) mass is 274 g/mol. The van der Waals surface area contributed by atoms with Crippen LogP contribution in [0.4, 0.5) is 0 Å². The van der Waals surface area contributed by atoms with Crippen LogP contribution in [0, 0.1) is 0 Å². The highest BCUT2D eigenvalue weighted by molar-refractivity contribution is 5.81. The van der Waals surface area contributed by atoms with E-state index in [4.69, 9.17) is 18.9 Å². The quantitative estimate of drug-likeness (QED) is 0.518. The molecule has 2 fully saturated rings. The molecule has 7 heteroatoms. The summed E-state index contributed by atoms with van der Waals surface area (Å²) < 4.78 is 21.0. The van der Waals surface area contributed by atoms with Gasteiger partial charge in [-0.1, -0.05) is 6.58 Å². The molecular formula is C12H18O7. The van der Waals surface area contributed by atoms with E-state index in [1.165, 1.54) is 0 Å². The number of hydrogen-bond acceptors (Lipinski definition) is 7. The first kappa shape index (κ1) is 14.4. The predicted molar refractivity (Wildman–Crippen MR) is 61.9 cm³/mol. The summed E-state index contributed by atoms with van der Waals surface area (Å²) in [6, 6.07) is 0. The molecule has 2 aliphatic heterocycles. The minimum absolute atomic E-state index is 0.296. The molecule has 0 amide bonds. The van der Waals surface area contributed by atoms with Gasteiger partial charge in [0.2, 0.25) is 0 Å². The molecule has 5 unspecified atom stereocenters. The first-order chi connectivity index (χ1) is 8.84. The van der Waals surface area contributed by atoms with Crippen LogP contribution in [-0.2, 0) is 23.7 Å². The van der Waals surface area contributed by atoms with Crippen LogP contribution in [0.2, 0.25) is 0 Å². The van der Waals surface area contributed by atoms with Crippen LogP contribution in [-0.4, -0.2) is 59.3 Å². The topological polar surface area (TPSA) is 94.5 Å². The highest BCUT2D eigenvalue weighted by Crippen LogP contribution is 2.38. The Morgan fingerprint density at radius 3 is 2.79 bits per heavy atom. The first-order valence-corrected chi connectivity index (χ1v) is 6.00. The number of hydrogen-bond donors (Lipinski definition) is 2. The van der Waals surface area contributed by atoms with Crippen LogP contribution < -0.4 is 0 Å². The van der Waals surface area contributed by atoms with Crippen molar-refractivity contribution in [1.82, 2.24) is 0 Å². The lowest BCUT2D eigenvalue weighted by atomic mass is 10.1. The van der Waals surface area contributed by atoms with Gasteiger partial charge >= 0.3 is 5.97 Å². The average Bonchev–Trinajstić information content (AvgIpc) is 2.80. The van der Waals surface area contributed by atoms with E-state index in [1.807, 2.05) is 0 Å². The molecule has 2 saturated heterocycles. The summed E-state index contributed by atoms with van der Waals surface area (Å²) in [5.41, 5.74) is 0. The Labute approximate surface area is 110 Å². The van der Waals surface area contributed by atoms with Gasteiger partial charge < -0.3 is 29.2 Å². The van der Waals surface area contributed by atoms with Crippen LogP contribution in [0.3, 0.4) is 0 Å². The van der Waals surface area contributed by atoms with Crippen LogP contribution in [0.15, 0.2) is 12.7 Å². The zero-order chi connectivity index (χ0) is 14.2. The highest BCUT2D eigenvalue weighted by Gasteiger charge is 2.55. The van der Waals surface area contributed by atoms with Crippen molar-refractivity contribution in [2.75, 3.05) is 6.61 Å². The number of carbonyl (C=O) groups is 1. The predicted octanol–water partition coefficient (Wildman–Crippen LogP) is -0.686. The molecule has 0 aromatic carbocycles. The molecule has 2 N–H and O–H groups in total. The summed E-state index contributed by atoms with van der Waals surface area (Å²) >= 11 is 0. The smallest absolute Gasteiger partial charge is 0.330 e. The van der Waals surface area contributed by atoms with Crippen LogP contribution in [0.1, 0.15) is 13.8 Å². The number of esters is 1. The van der Waals surface area contributed by atoms with Gasteiger partial charge in [-0.2, -0.15) is 0 Å². The Hall–Kier alpha value is -0.990. The third kappa shape index (κ3) is 2.96. The Morgan fingerprint density at radius 1 is 1.53 bits per heavy atom. The van der Waals surface area contributed by atoms with E-state index < -0.39 is 42.5 Å². The van der Waals surface area contributed by atoms with E-state index in [9.17, 15) is 15.0 Å². The van der Waals surface area contributed by atoms with Gasteiger partial charge in [-0.15, -0.1) is 0 Å². The van der Waals surface area contributed by atoms with Gasteiger partial charge in [-0.05, 0) is 13.8 Å². The zero-order valence-corrected chi connectivity index (χ0v) is 10.8. The van der Waals surface area contributed by atoms with Gasteiger partial charge in [0.15, 0.2) is 12.1 Å². The van der Waals surface area contributed by atoms with Crippen LogP contribution >= 0.6 is 0 Å². The van der Waals surface area contributed by atoms with Crippen molar-refractivity contribution in [2.45, 2.75) is 50.3 Å². The van der Waals surface area contributed by atoms with E-state index in [-0.39, 0.29) is 6.61 Å². The Morgan fingerprint density at radius 2 is 2.21 bits per heavy atom. The maximum absolute atomic E-state index is 10.9. The molecule has 5 atom stereocenters. The summed E-state index contributed by atoms with van der Waals surface area (Å²) in [4.78, 5) is 10.9. The molecule has 0 aromatic heterocycles. The van der Waals surface area contributed by atoms with Crippen LogP contribution in [0.5, 0.6) is 0 Å². The third-order valence-corrected chi connectivity index (χ3v) is 2.99. The standard InChI is InChI=1S/C12H18O7/c1-4-7(14)16-5-6(13)9-8(15)10-11(17-9)19-12(2,3)18-10/h4,6,8-11,13,15H,1,5H2,2-3H3. The lowest BCUT2D eigenvalue weighted by molar-refractivity contribution is -0.228. The SMILES string of the molecule is C=CC(=O)OCC(O)C1OC2OC(C)(C)OC2C1O. The largest absolute Gasteiger partial charge is 0.460 e. The van der Waals surface area contributed by atoms with Crippen molar-refractivity contribution in [3.8, 4) is 0 Å². The summed E-state index contributed by atoms with van der Waals surface area (Å²) in [6.07, 6.45) is -3.56. The second-order valence-electron chi connectivity index (χ2n) is 4.96. The van der Waals surface area contributed by atoms with Gasteiger partial charge in [-0.3, -0.25) is 0 Å². The molecule has 0 saturated carbocycles. The average molecular weight is 274 g/mol. The van der Waals surface area contributed by atoms with Crippen molar-refractivity contribution < 1.29 is 34.0 Å². The molecule has 0 radical (unpaired) electrons. The molecule has 108 valence electrons. The number of ether oxygens (including phenoxy) is 4. The molecule has 2 rings (SSSR count). The fourth-order valence-electron chi connectivity index (χ4n) is 2.16. The van der Waals surface area contributed by atoms with E-state index in [0.29, 0.717) is 0 Å². The molecule has 0 spiro atoms. The first-order valence-electron chi connectivity index (χ1n) is 6.00. The second-order valence-corrected chi connectivity index (χ2v) is 4.96. The summed E-state index contributed by atoms with van der Waals surface area (Å²) in [6.45, 7) is 6.35. The Kier molecular flexibility index (Phi) is 3.93. The number of aliphatic hydroxyl groups excluding tert-OH is 2. The molecular weight excluding hydrogens is 256 g/mol. The second kappa shape index (κ2) is 5.18. The molecule has 2 aliphatic rings. The van der Waals surface area contributed by atoms with Crippen molar-refractivity contribution in [2.24, 2.45) is 0 Å². The molecule has 19 heavy (non-hydrogen) atoms. The van der Waals surface area contributed by atoms with Crippen molar-refractivity contribution in [3.63, 3.8) is 0 Å². The fourth-order valence-corrected chi connectivity index (χ4v) is 2.16. The van der Waals surface area contributed by atoms with Crippen molar-refractivity contribution >= 4 is 5.97 Å². The lowest BCUT2D eigenvalue weighted by Crippen LogP contribution is -2.43. The number of carbonyl (C=O) groups excluding carboxylic acids is 1. The van der Waals surface area contributed by atoms with Gasteiger partial charge in [0.25, 0.3) is 0 Å². The van der Waals surface area contributed by atoms with Crippen LogP contribution in [0.25, 0.3) is 0 Å². The van der Waals surface area contributed by atoms with E-state index in [1.54, 1.807) is 13.8 Å². The summed E-state index contributed by atoms with van der Waals surface area (Å²) in [5.74, 6) is -1.48. The molecule has 0 aromatic rings. The maximum Gasteiger partial charge on any atom is 0.330 e. The van der Waals surface area contributed by atoms with Crippen molar-refractivity contribution in [1.29, 1.82) is 0 Å². The third-order valence-electron chi connectivity index (χ3n) is 2.99. The van der Waals surface area contributed by atoms with Gasteiger partial charge in [-0.25, -0.2) is 4.79 Å². The Bertz CT molecular complexity index is 367. The molecule has 2 heterocycles. The summed E-state index contributed by atoms with van der Waals surface area (Å²) in [7, 11) is 0. The van der Waals surface area contributed by atoms with Gasteiger partial charge in [0.05, 0.1) is 0 Å². The summed E-state index contributed by atoms with van der Waals surface area (Å²) in [5, 5.41) is 19.9. The lowest BCUT2D eigenvalue weighted by Gasteiger charge is -2.25. The van der Waals surface area contributed by atoms with E-state index in [0.717, 1.165) is 6.08 Å². The minimum Gasteiger partial charge on any atom is -0.460 e.